The molecular formula is C18H28Cl2GeHf-2. The zero-order chi connectivity index (χ0) is 15.9. The first kappa shape index (κ1) is 27.8. The number of rotatable bonds is 0. The van der Waals surface area contributed by atoms with Crippen molar-refractivity contribution in [3.8, 4) is 0 Å². The maximum Gasteiger partial charge on any atom is -1.00 e. The van der Waals surface area contributed by atoms with Crippen LogP contribution >= 0.6 is 0 Å². The van der Waals surface area contributed by atoms with E-state index in [1.807, 2.05) is 0 Å². The molecule has 0 aromatic rings. The van der Waals surface area contributed by atoms with Crippen LogP contribution in [-0.2, 0) is 21.3 Å². The van der Waals surface area contributed by atoms with Gasteiger partial charge in [0.1, 0.15) is 0 Å². The SMILES string of the molecule is CC1=[C-]C(C)C=C1C.CC1=[C-]C(C)C=C1C.[CH3][Ge]([CH3])=[Hf+2].[Cl-].[Cl-]. The predicted molar refractivity (Wildman–Crippen MR) is 88.2 cm³/mol. The molecule has 0 aliphatic heterocycles. The van der Waals surface area contributed by atoms with Gasteiger partial charge in [-0.1, -0.05) is 39.5 Å². The summed E-state index contributed by atoms with van der Waals surface area (Å²) in [6, 6.07) is 0. The monoisotopic (exact) mass is 568 g/mol. The number of hydrogen-bond acceptors (Lipinski definition) is 0. The van der Waals surface area contributed by atoms with Crippen LogP contribution in [-0.4, -0.2) is 10.1 Å². The fraction of sp³-hybridized carbons (Fsp3) is 0.556. The Bertz CT molecular complexity index is 395. The molecule has 0 saturated carbocycles. The van der Waals surface area contributed by atoms with Crippen LogP contribution in [0.15, 0.2) is 34.4 Å². The van der Waals surface area contributed by atoms with Gasteiger partial charge in [-0.3, -0.25) is 12.2 Å². The smallest absolute Gasteiger partial charge is 1.00 e. The van der Waals surface area contributed by atoms with Crippen molar-refractivity contribution < 1.29 is 46.1 Å². The molecule has 0 spiro atoms. The third-order valence-corrected chi connectivity index (χ3v) is 3.07. The molecular weight excluding hydrogens is 538 g/mol. The summed E-state index contributed by atoms with van der Waals surface area (Å²) in [5, 5.41) is 0. The van der Waals surface area contributed by atoms with E-state index >= 15 is 0 Å². The van der Waals surface area contributed by atoms with E-state index in [-0.39, 0.29) is 34.9 Å². The second-order valence-electron chi connectivity index (χ2n) is 5.82. The van der Waals surface area contributed by atoms with Gasteiger partial charge in [0, 0.05) is 0 Å². The van der Waals surface area contributed by atoms with Gasteiger partial charge in [-0.05, 0) is 0 Å². The Balaban J connectivity index is -0.000000249. The molecule has 0 aromatic heterocycles. The molecule has 4 heteroatoms. The maximum atomic E-state index is 3.29. The number of hydrogen-bond donors (Lipinski definition) is 0. The third kappa shape index (κ3) is 13.4. The van der Waals surface area contributed by atoms with E-state index in [0.29, 0.717) is 11.8 Å². The summed E-state index contributed by atoms with van der Waals surface area (Å²) in [5.41, 5.74) is 5.41. The number of halogens is 2. The van der Waals surface area contributed by atoms with Crippen molar-refractivity contribution in [3.63, 3.8) is 0 Å². The minimum atomic E-state index is -0.194. The Hall–Kier alpha value is 0.953. The van der Waals surface area contributed by atoms with Crippen LogP contribution in [0.4, 0.5) is 0 Å². The first-order valence-corrected chi connectivity index (χ1v) is 21.8. The van der Waals surface area contributed by atoms with Crippen LogP contribution in [0.2, 0.25) is 11.5 Å². The van der Waals surface area contributed by atoms with Crippen molar-refractivity contribution in [3.05, 3.63) is 46.6 Å². The average Bonchev–Trinajstić information content (AvgIpc) is 2.70. The normalized spacial score (nSPS) is 21.4. The Morgan fingerprint density at radius 3 is 1.09 bits per heavy atom. The Morgan fingerprint density at radius 1 is 0.818 bits per heavy atom. The number of allylic oxidation sites excluding steroid dienone is 8. The van der Waals surface area contributed by atoms with E-state index in [0.717, 1.165) is 0 Å². The quantitative estimate of drug-likeness (QED) is 0.273. The second kappa shape index (κ2) is 14.3. The molecule has 0 amide bonds. The van der Waals surface area contributed by atoms with Gasteiger partial charge in [0.15, 0.2) is 0 Å². The molecule has 0 bridgehead atoms. The minimum absolute atomic E-state index is 0. The predicted octanol–water partition coefficient (Wildman–Crippen LogP) is -0.544. The van der Waals surface area contributed by atoms with Crippen molar-refractivity contribution in [1.82, 2.24) is 0 Å². The molecule has 0 aromatic carbocycles. The Morgan fingerprint density at radius 2 is 1.05 bits per heavy atom. The van der Waals surface area contributed by atoms with E-state index in [1.165, 1.54) is 43.6 Å². The summed E-state index contributed by atoms with van der Waals surface area (Å²) in [7, 11) is -0.194. The molecule has 22 heavy (non-hydrogen) atoms. The molecule has 2 aliphatic rings. The van der Waals surface area contributed by atoms with Gasteiger partial charge in [0.05, 0.1) is 0 Å². The fourth-order valence-electron chi connectivity index (χ4n) is 1.99. The molecule has 0 radical (unpaired) electrons. The zero-order valence-corrected chi connectivity index (χ0v) is 22.3. The van der Waals surface area contributed by atoms with Gasteiger partial charge in [0.2, 0.25) is 0 Å². The summed E-state index contributed by atoms with van der Waals surface area (Å²) >= 11 is 1.52. The molecule has 0 saturated heterocycles. The van der Waals surface area contributed by atoms with Crippen molar-refractivity contribution in [2.75, 3.05) is 0 Å². The molecule has 0 nitrogen and oxygen atoms in total. The van der Waals surface area contributed by atoms with E-state index < -0.39 is 0 Å². The Kier molecular flexibility index (Phi) is 18.1. The standard InChI is InChI=1S/2C8H11.C2H6Ge.2ClH.Hf/c2*1-6-4-7(2)8(3)5-6;1-3-2;;;/h2*4,6H,1-3H3;1-2H3;2*1H;/q2*-1;;;;+2/p-2. The van der Waals surface area contributed by atoms with Gasteiger partial charge < -0.3 is 24.8 Å². The van der Waals surface area contributed by atoms with Crippen LogP contribution in [0.3, 0.4) is 0 Å². The fourth-order valence-corrected chi connectivity index (χ4v) is 1.99. The maximum absolute atomic E-state index is 3.29. The van der Waals surface area contributed by atoms with Crippen LogP contribution in [0, 0.1) is 24.0 Å². The van der Waals surface area contributed by atoms with E-state index in [4.69, 9.17) is 0 Å². The Labute approximate surface area is 166 Å². The van der Waals surface area contributed by atoms with E-state index in [1.54, 1.807) is 0 Å². The molecule has 0 N–H and O–H groups in total. The van der Waals surface area contributed by atoms with Crippen LogP contribution in [0.1, 0.15) is 41.5 Å². The largest absolute Gasteiger partial charge is 1.00 e. The molecule has 0 fully saturated rings. The van der Waals surface area contributed by atoms with Gasteiger partial charge in [-0.2, -0.15) is 12.2 Å². The van der Waals surface area contributed by atoms with E-state index in [9.17, 15) is 0 Å². The first-order chi connectivity index (χ1) is 9.13. The summed E-state index contributed by atoms with van der Waals surface area (Å²) in [5.74, 6) is 5.89. The van der Waals surface area contributed by atoms with Gasteiger partial charge in [-0.15, -0.1) is 13.8 Å². The summed E-state index contributed by atoms with van der Waals surface area (Å²) in [6.07, 6.45) is 11.0. The van der Waals surface area contributed by atoms with Gasteiger partial charge in [0.25, 0.3) is 0 Å². The molecule has 0 heterocycles. The molecule has 2 atom stereocenters. The van der Waals surface area contributed by atoms with Gasteiger partial charge >= 0.3 is 42.8 Å². The average molecular weight is 566 g/mol. The van der Waals surface area contributed by atoms with Crippen LogP contribution in [0.25, 0.3) is 0 Å². The molecule has 2 aliphatic carbocycles. The molecule has 2 unspecified atom stereocenters. The van der Waals surface area contributed by atoms with Crippen molar-refractivity contribution in [1.29, 1.82) is 0 Å². The molecule has 2 rings (SSSR count). The van der Waals surface area contributed by atoms with Crippen molar-refractivity contribution in [2.45, 2.75) is 53.1 Å². The zero-order valence-electron chi connectivity index (χ0n) is 15.1. The topological polar surface area (TPSA) is 0 Å². The van der Waals surface area contributed by atoms with Crippen LogP contribution < -0.4 is 24.8 Å². The van der Waals surface area contributed by atoms with E-state index in [2.05, 4.69) is 77.4 Å². The summed E-state index contributed by atoms with van der Waals surface area (Å²) < 4.78 is 0. The minimum Gasteiger partial charge on any atom is -1.00 e. The van der Waals surface area contributed by atoms with Crippen molar-refractivity contribution in [2.24, 2.45) is 11.8 Å². The van der Waals surface area contributed by atoms with Crippen molar-refractivity contribution >= 4 is 10.1 Å². The van der Waals surface area contributed by atoms with Gasteiger partial charge in [-0.25, -0.2) is 22.3 Å². The summed E-state index contributed by atoms with van der Waals surface area (Å²) in [6.45, 7) is 12.8. The molecule has 124 valence electrons. The third-order valence-electron chi connectivity index (χ3n) is 3.07. The second-order valence-corrected chi connectivity index (χ2v) is 28.7. The first-order valence-electron chi connectivity index (χ1n) is 7.23. The summed E-state index contributed by atoms with van der Waals surface area (Å²) in [4.78, 5) is 0. The van der Waals surface area contributed by atoms with Crippen LogP contribution in [0.5, 0.6) is 0 Å².